The van der Waals surface area contributed by atoms with Crippen LogP contribution in [0.25, 0.3) is 0 Å². The molecule has 0 aliphatic carbocycles. The highest BCUT2D eigenvalue weighted by molar-refractivity contribution is 5.42. The predicted octanol–water partition coefficient (Wildman–Crippen LogP) is 2.93. The van der Waals surface area contributed by atoms with E-state index in [2.05, 4.69) is 16.8 Å². The van der Waals surface area contributed by atoms with Gasteiger partial charge >= 0.3 is 0 Å². The molecule has 0 radical (unpaired) electrons. The second kappa shape index (κ2) is 4.59. The maximum Gasteiger partial charge on any atom is 0.123 e. The molecule has 78 valence electrons. The van der Waals surface area contributed by atoms with Gasteiger partial charge < -0.3 is 0 Å². The lowest BCUT2D eigenvalue weighted by molar-refractivity contribution is 0.627. The SMILES string of the molecule is Cc1cncc(C#Cc2ccc(F)cc2)c1. The van der Waals surface area contributed by atoms with Gasteiger partial charge in [0, 0.05) is 23.5 Å². The smallest absolute Gasteiger partial charge is 0.123 e. The van der Waals surface area contributed by atoms with E-state index in [1.165, 1.54) is 12.1 Å². The summed E-state index contributed by atoms with van der Waals surface area (Å²) in [5.41, 5.74) is 2.73. The zero-order valence-corrected chi connectivity index (χ0v) is 8.87. The van der Waals surface area contributed by atoms with Crippen molar-refractivity contribution in [2.45, 2.75) is 6.92 Å². The number of aromatic nitrogens is 1. The van der Waals surface area contributed by atoms with E-state index >= 15 is 0 Å². The van der Waals surface area contributed by atoms with Crippen molar-refractivity contribution in [3.63, 3.8) is 0 Å². The molecule has 2 heteroatoms. The average Bonchev–Trinajstić information content (AvgIpc) is 2.28. The Morgan fingerprint density at radius 2 is 1.69 bits per heavy atom. The molecular weight excluding hydrogens is 201 g/mol. The summed E-state index contributed by atoms with van der Waals surface area (Å²) in [6.45, 7) is 1.97. The Bertz CT molecular complexity index is 547. The molecule has 0 unspecified atom stereocenters. The third-order valence-corrected chi connectivity index (χ3v) is 2.07. The molecule has 2 rings (SSSR count). The normalized spacial score (nSPS) is 9.38. The summed E-state index contributed by atoms with van der Waals surface area (Å²) in [5.74, 6) is 5.70. The van der Waals surface area contributed by atoms with Crippen LogP contribution in [0.2, 0.25) is 0 Å². The average molecular weight is 211 g/mol. The molecule has 0 N–H and O–H groups in total. The first-order chi connectivity index (χ1) is 7.74. The van der Waals surface area contributed by atoms with Crippen molar-refractivity contribution >= 4 is 0 Å². The Balaban J connectivity index is 2.25. The van der Waals surface area contributed by atoms with Gasteiger partial charge in [-0.25, -0.2) is 4.39 Å². The lowest BCUT2D eigenvalue weighted by atomic mass is 10.2. The van der Waals surface area contributed by atoms with E-state index < -0.39 is 0 Å². The van der Waals surface area contributed by atoms with Crippen LogP contribution < -0.4 is 0 Å². The molecule has 0 fully saturated rings. The largest absolute Gasteiger partial charge is 0.263 e. The van der Waals surface area contributed by atoms with E-state index in [1.54, 1.807) is 24.5 Å². The van der Waals surface area contributed by atoms with Crippen LogP contribution in [-0.2, 0) is 0 Å². The lowest BCUT2D eigenvalue weighted by Gasteiger charge is -1.92. The summed E-state index contributed by atoms with van der Waals surface area (Å²) in [4.78, 5) is 4.05. The molecule has 1 nitrogen and oxygen atoms in total. The Hall–Kier alpha value is -2.14. The van der Waals surface area contributed by atoms with Crippen LogP contribution in [0.3, 0.4) is 0 Å². The molecule has 1 aromatic carbocycles. The first-order valence-corrected chi connectivity index (χ1v) is 4.93. The van der Waals surface area contributed by atoms with E-state index in [1.807, 2.05) is 13.0 Å². The van der Waals surface area contributed by atoms with Crippen molar-refractivity contribution in [1.82, 2.24) is 4.98 Å². The molecule has 0 bridgehead atoms. The molecule has 2 aromatic rings. The zero-order valence-electron chi connectivity index (χ0n) is 8.87. The summed E-state index contributed by atoms with van der Waals surface area (Å²) in [7, 11) is 0. The van der Waals surface area contributed by atoms with E-state index in [4.69, 9.17) is 0 Å². The Labute approximate surface area is 94.0 Å². The molecule has 0 saturated carbocycles. The van der Waals surface area contributed by atoms with Crippen LogP contribution in [-0.4, -0.2) is 4.98 Å². The van der Waals surface area contributed by atoms with Gasteiger partial charge in [-0.1, -0.05) is 11.8 Å². The Kier molecular flexibility index (Phi) is 2.98. The summed E-state index contributed by atoms with van der Waals surface area (Å²) in [5, 5.41) is 0. The van der Waals surface area contributed by atoms with Crippen LogP contribution >= 0.6 is 0 Å². The summed E-state index contributed by atoms with van der Waals surface area (Å²) in [6, 6.07) is 8.08. The van der Waals surface area contributed by atoms with E-state index in [0.717, 1.165) is 16.7 Å². The molecule has 0 amide bonds. The Morgan fingerprint density at radius 3 is 2.38 bits per heavy atom. The number of hydrogen-bond acceptors (Lipinski definition) is 1. The molecule has 1 aromatic heterocycles. The second-order valence-corrected chi connectivity index (χ2v) is 3.51. The highest BCUT2D eigenvalue weighted by Crippen LogP contribution is 2.02. The fraction of sp³-hybridized carbons (Fsp3) is 0.0714. The van der Waals surface area contributed by atoms with Gasteiger partial charge in [-0.15, -0.1) is 0 Å². The van der Waals surface area contributed by atoms with Crippen LogP contribution in [0.15, 0.2) is 42.7 Å². The van der Waals surface area contributed by atoms with Crippen molar-refractivity contribution in [2.75, 3.05) is 0 Å². The van der Waals surface area contributed by atoms with Gasteiger partial charge in [0.15, 0.2) is 0 Å². The molecule has 16 heavy (non-hydrogen) atoms. The maximum absolute atomic E-state index is 12.6. The van der Waals surface area contributed by atoms with Crippen molar-refractivity contribution in [3.05, 3.63) is 65.2 Å². The van der Waals surface area contributed by atoms with E-state index in [-0.39, 0.29) is 5.82 Å². The third-order valence-electron chi connectivity index (χ3n) is 2.07. The fourth-order valence-corrected chi connectivity index (χ4v) is 1.30. The van der Waals surface area contributed by atoms with Gasteiger partial charge in [-0.2, -0.15) is 0 Å². The van der Waals surface area contributed by atoms with Gasteiger partial charge in [-0.05, 0) is 42.8 Å². The predicted molar refractivity (Wildman–Crippen MR) is 61.4 cm³/mol. The van der Waals surface area contributed by atoms with Gasteiger partial charge in [0.25, 0.3) is 0 Å². The lowest BCUT2D eigenvalue weighted by Crippen LogP contribution is -1.81. The number of hydrogen-bond donors (Lipinski definition) is 0. The minimum Gasteiger partial charge on any atom is -0.263 e. The molecular formula is C14H10FN. The maximum atomic E-state index is 12.6. The van der Waals surface area contributed by atoms with Crippen molar-refractivity contribution in [2.24, 2.45) is 0 Å². The van der Waals surface area contributed by atoms with E-state index in [9.17, 15) is 4.39 Å². The summed E-state index contributed by atoms with van der Waals surface area (Å²) in [6.07, 6.45) is 3.49. The highest BCUT2D eigenvalue weighted by Gasteiger charge is 1.90. The molecule has 1 heterocycles. The number of pyridine rings is 1. The summed E-state index contributed by atoms with van der Waals surface area (Å²) >= 11 is 0. The van der Waals surface area contributed by atoms with Crippen molar-refractivity contribution < 1.29 is 4.39 Å². The van der Waals surface area contributed by atoms with Crippen LogP contribution in [0.1, 0.15) is 16.7 Å². The number of halogens is 1. The molecule has 0 aliphatic heterocycles. The van der Waals surface area contributed by atoms with Crippen LogP contribution in [0.5, 0.6) is 0 Å². The number of aryl methyl sites for hydroxylation is 1. The fourth-order valence-electron chi connectivity index (χ4n) is 1.30. The van der Waals surface area contributed by atoms with Crippen LogP contribution in [0.4, 0.5) is 4.39 Å². The minimum absolute atomic E-state index is 0.247. The van der Waals surface area contributed by atoms with Gasteiger partial charge in [0.1, 0.15) is 5.82 Å². The molecule has 0 spiro atoms. The van der Waals surface area contributed by atoms with Gasteiger partial charge in [-0.3, -0.25) is 4.98 Å². The second-order valence-electron chi connectivity index (χ2n) is 3.51. The first kappa shape index (κ1) is 10.4. The van der Waals surface area contributed by atoms with Gasteiger partial charge in [0.05, 0.1) is 0 Å². The molecule has 0 atom stereocenters. The quantitative estimate of drug-likeness (QED) is 0.610. The monoisotopic (exact) mass is 211 g/mol. The summed E-state index contributed by atoms with van der Waals surface area (Å²) < 4.78 is 12.6. The third kappa shape index (κ3) is 2.68. The Morgan fingerprint density at radius 1 is 1.00 bits per heavy atom. The van der Waals surface area contributed by atoms with Crippen LogP contribution in [0, 0.1) is 24.6 Å². The van der Waals surface area contributed by atoms with Gasteiger partial charge in [0.2, 0.25) is 0 Å². The highest BCUT2D eigenvalue weighted by atomic mass is 19.1. The topological polar surface area (TPSA) is 12.9 Å². The molecule has 0 saturated heterocycles. The molecule has 0 aliphatic rings. The zero-order chi connectivity index (χ0) is 11.4. The minimum atomic E-state index is -0.247. The van der Waals surface area contributed by atoms with Crippen molar-refractivity contribution in [1.29, 1.82) is 0 Å². The number of nitrogens with zero attached hydrogens (tertiary/aromatic N) is 1. The van der Waals surface area contributed by atoms with Crippen molar-refractivity contribution in [3.8, 4) is 11.8 Å². The number of rotatable bonds is 0. The standard InChI is InChI=1S/C14H10FN/c1-11-8-13(10-16-9-11)3-2-12-4-6-14(15)7-5-12/h4-10H,1H3. The van der Waals surface area contributed by atoms with E-state index in [0.29, 0.717) is 0 Å². The number of benzene rings is 1. The first-order valence-electron chi connectivity index (χ1n) is 4.93.